The number of benzene rings is 1. The molecule has 1 aliphatic heterocycles. The fourth-order valence-corrected chi connectivity index (χ4v) is 2.43. The molecule has 1 amide bonds. The summed E-state index contributed by atoms with van der Waals surface area (Å²) in [6.07, 6.45) is 1.40. The van der Waals surface area contributed by atoms with Gasteiger partial charge in [0.2, 0.25) is 5.91 Å². The highest BCUT2D eigenvalue weighted by molar-refractivity contribution is 5.97. The Morgan fingerprint density at radius 3 is 2.95 bits per heavy atom. The van der Waals surface area contributed by atoms with E-state index in [9.17, 15) is 9.59 Å². The number of nitrogens with zero attached hydrogens (tertiary/aromatic N) is 2. The molecule has 6 nitrogen and oxygen atoms in total. The SMILES string of the molecule is Cc1cc(COC(=O)c2cccc(N3CCCC3=O)c2)on1. The average Bonchev–Trinajstić information content (AvgIpc) is 3.13. The molecule has 1 aromatic carbocycles. The molecule has 1 aromatic heterocycles. The molecule has 0 aliphatic carbocycles. The first-order valence-corrected chi connectivity index (χ1v) is 7.13. The molecule has 0 saturated carbocycles. The molecule has 0 bridgehead atoms. The van der Waals surface area contributed by atoms with Gasteiger partial charge in [-0.25, -0.2) is 4.79 Å². The summed E-state index contributed by atoms with van der Waals surface area (Å²) >= 11 is 0. The largest absolute Gasteiger partial charge is 0.454 e. The van der Waals surface area contributed by atoms with Crippen LogP contribution >= 0.6 is 0 Å². The molecule has 6 heteroatoms. The number of ether oxygens (including phenoxy) is 1. The lowest BCUT2D eigenvalue weighted by Gasteiger charge is -2.16. The van der Waals surface area contributed by atoms with E-state index in [2.05, 4.69) is 5.16 Å². The standard InChI is InChI=1S/C16H16N2O4/c1-11-8-14(22-17-11)10-21-16(20)12-4-2-5-13(9-12)18-7-3-6-15(18)19/h2,4-5,8-9H,3,6-7,10H2,1H3. The van der Waals surface area contributed by atoms with Gasteiger partial charge in [0.25, 0.3) is 0 Å². The van der Waals surface area contributed by atoms with Gasteiger partial charge in [-0.05, 0) is 31.5 Å². The van der Waals surface area contributed by atoms with Crippen LogP contribution in [0, 0.1) is 6.92 Å². The zero-order chi connectivity index (χ0) is 15.5. The summed E-state index contributed by atoms with van der Waals surface area (Å²) in [6, 6.07) is 8.62. The van der Waals surface area contributed by atoms with Crippen LogP contribution in [0.5, 0.6) is 0 Å². The lowest BCUT2D eigenvalue weighted by Crippen LogP contribution is -2.23. The van der Waals surface area contributed by atoms with Crippen LogP contribution in [0.1, 0.15) is 34.7 Å². The number of aryl methyl sites for hydroxylation is 1. The summed E-state index contributed by atoms with van der Waals surface area (Å²) in [5, 5.41) is 3.73. The molecule has 1 saturated heterocycles. The molecule has 1 aliphatic rings. The molecule has 114 valence electrons. The quantitative estimate of drug-likeness (QED) is 0.811. The number of hydrogen-bond acceptors (Lipinski definition) is 5. The summed E-state index contributed by atoms with van der Waals surface area (Å²) in [5.41, 5.74) is 1.88. The predicted octanol–water partition coefficient (Wildman–Crippen LogP) is 2.47. The monoisotopic (exact) mass is 300 g/mol. The van der Waals surface area contributed by atoms with Gasteiger partial charge in [-0.1, -0.05) is 11.2 Å². The van der Waals surface area contributed by atoms with Crippen molar-refractivity contribution in [2.24, 2.45) is 0 Å². The number of carbonyl (C=O) groups is 2. The zero-order valence-corrected chi connectivity index (χ0v) is 12.2. The van der Waals surface area contributed by atoms with E-state index >= 15 is 0 Å². The lowest BCUT2D eigenvalue weighted by molar-refractivity contribution is -0.117. The number of rotatable bonds is 4. The number of aromatic nitrogens is 1. The lowest BCUT2D eigenvalue weighted by atomic mass is 10.2. The molecule has 2 heterocycles. The van der Waals surface area contributed by atoms with E-state index in [1.54, 1.807) is 36.1 Å². The van der Waals surface area contributed by atoms with Crippen molar-refractivity contribution in [1.82, 2.24) is 5.16 Å². The maximum absolute atomic E-state index is 12.1. The number of amides is 1. The maximum Gasteiger partial charge on any atom is 0.338 e. The smallest absolute Gasteiger partial charge is 0.338 e. The van der Waals surface area contributed by atoms with Crippen molar-refractivity contribution in [2.45, 2.75) is 26.4 Å². The number of hydrogen-bond donors (Lipinski definition) is 0. The Hall–Kier alpha value is -2.63. The van der Waals surface area contributed by atoms with E-state index in [0.29, 0.717) is 24.3 Å². The Balaban J connectivity index is 1.68. The number of anilines is 1. The minimum Gasteiger partial charge on any atom is -0.454 e. The van der Waals surface area contributed by atoms with Gasteiger partial charge in [-0.2, -0.15) is 0 Å². The first-order chi connectivity index (χ1) is 10.6. The fraction of sp³-hybridized carbons (Fsp3) is 0.312. The Kier molecular flexibility index (Phi) is 3.91. The summed E-state index contributed by atoms with van der Waals surface area (Å²) in [5.74, 6) is 0.127. The average molecular weight is 300 g/mol. The zero-order valence-electron chi connectivity index (χ0n) is 12.2. The Bertz CT molecular complexity index is 708. The Labute approximate surface area is 127 Å². The van der Waals surface area contributed by atoms with Crippen LogP contribution < -0.4 is 4.90 Å². The van der Waals surface area contributed by atoms with Crippen molar-refractivity contribution in [3.8, 4) is 0 Å². The van der Waals surface area contributed by atoms with Gasteiger partial charge in [0.1, 0.15) is 0 Å². The van der Waals surface area contributed by atoms with Gasteiger partial charge < -0.3 is 14.2 Å². The van der Waals surface area contributed by atoms with E-state index in [1.165, 1.54) is 0 Å². The Morgan fingerprint density at radius 1 is 1.41 bits per heavy atom. The summed E-state index contributed by atoms with van der Waals surface area (Å²) in [6.45, 7) is 2.52. The molecule has 0 radical (unpaired) electrons. The maximum atomic E-state index is 12.1. The van der Waals surface area contributed by atoms with Crippen LogP contribution in [-0.2, 0) is 16.1 Å². The first-order valence-electron chi connectivity index (χ1n) is 7.13. The summed E-state index contributed by atoms with van der Waals surface area (Å²) < 4.78 is 10.2. The fourth-order valence-electron chi connectivity index (χ4n) is 2.43. The Morgan fingerprint density at radius 2 is 2.27 bits per heavy atom. The normalized spacial score (nSPS) is 14.4. The molecule has 0 atom stereocenters. The topological polar surface area (TPSA) is 72.6 Å². The van der Waals surface area contributed by atoms with Crippen LogP contribution in [0.3, 0.4) is 0 Å². The van der Waals surface area contributed by atoms with Gasteiger partial charge in [0, 0.05) is 24.7 Å². The van der Waals surface area contributed by atoms with E-state index in [-0.39, 0.29) is 12.5 Å². The third-order valence-corrected chi connectivity index (χ3v) is 3.49. The third-order valence-electron chi connectivity index (χ3n) is 3.49. The molecule has 1 fully saturated rings. The minimum atomic E-state index is -0.456. The van der Waals surface area contributed by atoms with Crippen molar-refractivity contribution < 1.29 is 18.8 Å². The molecule has 3 rings (SSSR count). The molecule has 0 N–H and O–H groups in total. The highest BCUT2D eigenvalue weighted by atomic mass is 16.5. The van der Waals surface area contributed by atoms with Gasteiger partial charge in [-0.15, -0.1) is 0 Å². The predicted molar refractivity (Wildman–Crippen MR) is 78.4 cm³/mol. The van der Waals surface area contributed by atoms with Crippen molar-refractivity contribution in [1.29, 1.82) is 0 Å². The van der Waals surface area contributed by atoms with Crippen molar-refractivity contribution in [2.75, 3.05) is 11.4 Å². The molecular formula is C16H16N2O4. The van der Waals surface area contributed by atoms with Gasteiger partial charge in [-0.3, -0.25) is 4.79 Å². The number of carbonyl (C=O) groups excluding carboxylic acids is 2. The van der Waals surface area contributed by atoms with Crippen LogP contribution in [0.25, 0.3) is 0 Å². The van der Waals surface area contributed by atoms with E-state index in [1.807, 2.05) is 6.07 Å². The third kappa shape index (κ3) is 3.00. The second kappa shape index (κ2) is 6.01. The van der Waals surface area contributed by atoms with Gasteiger partial charge >= 0.3 is 5.97 Å². The van der Waals surface area contributed by atoms with Crippen molar-refractivity contribution in [3.63, 3.8) is 0 Å². The molecule has 0 spiro atoms. The van der Waals surface area contributed by atoms with E-state index < -0.39 is 5.97 Å². The first kappa shape index (κ1) is 14.3. The van der Waals surface area contributed by atoms with Crippen molar-refractivity contribution in [3.05, 3.63) is 47.3 Å². The van der Waals surface area contributed by atoms with Crippen LogP contribution in [0.4, 0.5) is 5.69 Å². The molecule has 22 heavy (non-hydrogen) atoms. The molecular weight excluding hydrogens is 284 g/mol. The molecule has 2 aromatic rings. The molecule has 0 unspecified atom stereocenters. The van der Waals surface area contributed by atoms with Crippen molar-refractivity contribution >= 4 is 17.6 Å². The highest BCUT2D eigenvalue weighted by Crippen LogP contribution is 2.22. The number of esters is 1. The summed E-state index contributed by atoms with van der Waals surface area (Å²) in [4.78, 5) is 25.5. The van der Waals surface area contributed by atoms with E-state index in [0.717, 1.165) is 17.8 Å². The van der Waals surface area contributed by atoms with Crippen LogP contribution in [0.2, 0.25) is 0 Å². The van der Waals surface area contributed by atoms with Gasteiger partial charge in [0.15, 0.2) is 12.4 Å². The second-order valence-electron chi connectivity index (χ2n) is 5.21. The van der Waals surface area contributed by atoms with Gasteiger partial charge in [0.05, 0.1) is 11.3 Å². The minimum absolute atomic E-state index is 0.0343. The second-order valence-corrected chi connectivity index (χ2v) is 5.21. The highest BCUT2D eigenvalue weighted by Gasteiger charge is 2.22. The van der Waals surface area contributed by atoms with Crippen LogP contribution in [-0.4, -0.2) is 23.6 Å². The van der Waals surface area contributed by atoms with E-state index in [4.69, 9.17) is 9.26 Å². The van der Waals surface area contributed by atoms with Crippen LogP contribution in [0.15, 0.2) is 34.9 Å². The summed E-state index contributed by atoms with van der Waals surface area (Å²) in [7, 11) is 0.